The third-order valence-electron chi connectivity index (χ3n) is 5.05. The largest absolute Gasteiger partial charge is 0.456 e. The van der Waals surface area contributed by atoms with Crippen molar-refractivity contribution in [3.63, 3.8) is 0 Å². The molecule has 2 aromatic carbocycles. The van der Waals surface area contributed by atoms with Gasteiger partial charge in [-0.05, 0) is 59.8 Å². The maximum atomic E-state index is 13.2. The van der Waals surface area contributed by atoms with Crippen molar-refractivity contribution in [1.29, 1.82) is 0 Å². The van der Waals surface area contributed by atoms with Crippen LogP contribution >= 0.6 is 22.6 Å². The lowest BCUT2D eigenvalue weighted by Gasteiger charge is -2.11. The minimum atomic E-state index is -0.595. The minimum absolute atomic E-state index is 0.175. The molecule has 0 aliphatic heterocycles. The van der Waals surface area contributed by atoms with Crippen molar-refractivity contribution in [2.75, 3.05) is 13.7 Å². The summed E-state index contributed by atoms with van der Waals surface area (Å²) in [7, 11) is 1.54. The number of ether oxygens (including phenoxy) is 2. The van der Waals surface area contributed by atoms with Crippen molar-refractivity contribution < 1.29 is 14.3 Å². The number of nitrogens with zero attached hydrogens (tertiary/aromatic N) is 3. The van der Waals surface area contributed by atoms with Crippen LogP contribution in [-0.2, 0) is 9.47 Å². The standard InChI is InChI=1S/C22H17IN4O4/c1-11(10-30-2)31-22(29)17-18-20(25-15-6-4-3-5-14(15)24-18)27-16-8-7-12(23)9-13(16)21(28)26-19(17)27/h3-9,11H,10H2,1-2H3,(H,26,28)/t11-/m1/s1. The Labute approximate surface area is 189 Å². The van der Waals surface area contributed by atoms with E-state index in [1.807, 2.05) is 36.4 Å². The molecule has 0 amide bonds. The van der Waals surface area contributed by atoms with Crippen molar-refractivity contribution in [1.82, 2.24) is 19.4 Å². The molecule has 0 saturated heterocycles. The van der Waals surface area contributed by atoms with Gasteiger partial charge in [0.25, 0.3) is 5.56 Å². The highest BCUT2D eigenvalue weighted by Crippen LogP contribution is 2.29. The summed E-state index contributed by atoms with van der Waals surface area (Å²) in [5.74, 6) is -0.595. The number of hydrogen-bond donors (Lipinski definition) is 1. The molecule has 8 nitrogen and oxygen atoms in total. The molecule has 0 aliphatic carbocycles. The van der Waals surface area contributed by atoms with Crippen molar-refractivity contribution >= 4 is 67.3 Å². The second-order valence-corrected chi connectivity index (χ2v) is 8.48. The SMILES string of the molecule is COC[C@@H](C)OC(=O)c1c2nc3ccccc3nc2n2c1[nH]c(=O)c1cc(I)ccc12. The molecule has 3 heterocycles. The summed E-state index contributed by atoms with van der Waals surface area (Å²) in [6.45, 7) is 1.99. The molecule has 0 saturated carbocycles. The number of halogens is 1. The van der Waals surface area contributed by atoms with Gasteiger partial charge in [0.2, 0.25) is 0 Å². The van der Waals surface area contributed by atoms with Crippen LogP contribution in [0.1, 0.15) is 17.3 Å². The number of rotatable bonds is 4. The number of carbonyl (C=O) groups is 1. The Balaban J connectivity index is 1.92. The van der Waals surface area contributed by atoms with Crippen LogP contribution in [0.3, 0.4) is 0 Å². The molecule has 5 aromatic rings. The lowest BCUT2D eigenvalue weighted by molar-refractivity contribution is 0.0124. The number of fused-ring (bicyclic) bond motifs is 6. The van der Waals surface area contributed by atoms with E-state index in [9.17, 15) is 9.59 Å². The highest BCUT2D eigenvalue weighted by atomic mass is 127. The first-order valence-corrected chi connectivity index (χ1v) is 10.7. The average molecular weight is 528 g/mol. The summed E-state index contributed by atoms with van der Waals surface area (Å²) in [6, 6.07) is 13.0. The van der Waals surface area contributed by atoms with E-state index in [0.717, 1.165) is 3.57 Å². The van der Waals surface area contributed by atoms with Gasteiger partial charge in [0, 0.05) is 10.7 Å². The highest BCUT2D eigenvalue weighted by Gasteiger charge is 2.26. The van der Waals surface area contributed by atoms with E-state index in [-0.39, 0.29) is 17.7 Å². The first kappa shape index (κ1) is 19.9. The third-order valence-corrected chi connectivity index (χ3v) is 5.72. The van der Waals surface area contributed by atoms with Gasteiger partial charge in [-0.15, -0.1) is 0 Å². The van der Waals surface area contributed by atoms with Gasteiger partial charge >= 0.3 is 5.97 Å². The van der Waals surface area contributed by atoms with Gasteiger partial charge < -0.3 is 14.5 Å². The van der Waals surface area contributed by atoms with Crippen LogP contribution in [0.4, 0.5) is 0 Å². The van der Waals surface area contributed by atoms with Crippen molar-refractivity contribution in [2.24, 2.45) is 0 Å². The zero-order valence-electron chi connectivity index (χ0n) is 16.7. The quantitative estimate of drug-likeness (QED) is 0.283. The zero-order valence-corrected chi connectivity index (χ0v) is 18.8. The van der Waals surface area contributed by atoms with Crippen molar-refractivity contribution in [2.45, 2.75) is 13.0 Å². The number of methoxy groups -OCH3 is 1. The highest BCUT2D eigenvalue weighted by molar-refractivity contribution is 14.1. The predicted molar refractivity (Wildman–Crippen MR) is 126 cm³/mol. The summed E-state index contributed by atoms with van der Waals surface area (Å²) < 4.78 is 13.3. The van der Waals surface area contributed by atoms with Gasteiger partial charge in [-0.2, -0.15) is 0 Å². The molecular weight excluding hydrogens is 511 g/mol. The maximum Gasteiger partial charge on any atom is 0.344 e. The van der Waals surface area contributed by atoms with Gasteiger partial charge in [-0.3, -0.25) is 9.20 Å². The fraction of sp³-hybridized carbons (Fsp3) is 0.182. The van der Waals surface area contributed by atoms with E-state index in [0.29, 0.717) is 38.7 Å². The molecule has 0 bridgehead atoms. The summed E-state index contributed by atoms with van der Waals surface area (Å²) >= 11 is 2.16. The second kappa shape index (κ2) is 7.57. The molecular formula is C22H17IN4O4. The molecule has 0 radical (unpaired) electrons. The maximum absolute atomic E-state index is 13.2. The fourth-order valence-electron chi connectivity index (χ4n) is 3.76. The third kappa shape index (κ3) is 3.24. The number of aromatic nitrogens is 4. The zero-order chi connectivity index (χ0) is 21.7. The number of nitrogens with one attached hydrogen (secondary N) is 1. The number of H-pyrrole nitrogens is 1. The molecule has 31 heavy (non-hydrogen) atoms. The lowest BCUT2D eigenvalue weighted by Crippen LogP contribution is -2.20. The number of benzene rings is 2. The normalized spacial score (nSPS) is 12.7. The number of carbonyl (C=O) groups excluding carboxylic acids is 1. The van der Waals surface area contributed by atoms with Gasteiger partial charge in [-0.25, -0.2) is 14.8 Å². The first-order valence-electron chi connectivity index (χ1n) is 9.60. The summed E-state index contributed by atoms with van der Waals surface area (Å²) in [5.41, 5.74) is 2.99. The molecule has 0 unspecified atom stereocenters. The predicted octanol–water partition coefficient (Wildman–Crippen LogP) is 3.67. The van der Waals surface area contributed by atoms with Crippen LogP contribution in [0.5, 0.6) is 0 Å². The van der Waals surface area contributed by atoms with Gasteiger partial charge in [-0.1, -0.05) is 12.1 Å². The average Bonchev–Trinajstić information content (AvgIpc) is 3.05. The number of esters is 1. The fourth-order valence-corrected chi connectivity index (χ4v) is 4.25. The molecule has 0 spiro atoms. The Morgan fingerprint density at radius 3 is 2.68 bits per heavy atom. The Bertz CT molecular complexity index is 1560. The Hall–Kier alpha value is -3.05. The van der Waals surface area contributed by atoms with E-state index in [4.69, 9.17) is 19.4 Å². The molecule has 1 N–H and O–H groups in total. The monoisotopic (exact) mass is 528 g/mol. The number of para-hydroxylation sites is 2. The van der Waals surface area contributed by atoms with E-state index < -0.39 is 12.1 Å². The minimum Gasteiger partial charge on any atom is -0.456 e. The smallest absolute Gasteiger partial charge is 0.344 e. The van der Waals surface area contributed by atoms with Gasteiger partial charge in [0.1, 0.15) is 22.8 Å². The van der Waals surface area contributed by atoms with E-state index in [1.54, 1.807) is 17.4 Å². The number of aromatic amines is 1. The first-order chi connectivity index (χ1) is 15.0. The Morgan fingerprint density at radius 2 is 1.94 bits per heavy atom. The van der Waals surface area contributed by atoms with E-state index in [1.165, 1.54) is 7.11 Å². The summed E-state index contributed by atoms with van der Waals surface area (Å²) in [5, 5.41) is 0.499. The molecule has 0 fully saturated rings. The van der Waals surface area contributed by atoms with E-state index >= 15 is 0 Å². The van der Waals surface area contributed by atoms with Crippen molar-refractivity contribution in [3.05, 3.63) is 62.0 Å². The second-order valence-electron chi connectivity index (χ2n) is 7.23. The lowest BCUT2D eigenvalue weighted by atomic mass is 10.2. The molecule has 156 valence electrons. The number of hydrogen-bond acceptors (Lipinski definition) is 6. The molecule has 0 aliphatic rings. The van der Waals surface area contributed by atoms with Gasteiger partial charge in [0.15, 0.2) is 5.65 Å². The van der Waals surface area contributed by atoms with E-state index in [2.05, 4.69) is 27.6 Å². The molecule has 3 aromatic heterocycles. The molecule has 5 rings (SSSR count). The van der Waals surface area contributed by atoms with Gasteiger partial charge in [0.05, 0.1) is 28.5 Å². The topological polar surface area (TPSA) is 98.6 Å². The van der Waals surface area contributed by atoms with Crippen LogP contribution in [0.25, 0.3) is 38.7 Å². The molecule has 1 atom stereocenters. The van der Waals surface area contributed by atoms with Crippen LogP contribution in [0, 0.1) is 3.57 Å². The van der Waals surface area contributed by atoms with Crippen LogP contribution in [-0.4, -0.2) is 45.1 Å². The van der Waals surface area contributed by atoms with Crippen LogP contribution in [0.2, 0.25) is 0 Å². The van der Waals surface area contributed by atoms with Crippen molar-refractivity contribution in [3.8, 4) is 0 Å². The van der Waals surface area contributed by atoms with Crippen LogP contribution in [0.15, 0.2) is 47.3 Å². The Morgan fingerprint density at radius 1 is 1.19 bits per heavy atom. The molecule has 9 heteroatoms. The Kier molecular flexibility index (Phi) is 4.86. The summed E-state index contributed by atoms with van der Waals surface area (Å²) in [6.07, 6.45) is -0.468. The van der Waals surface area contributed by atoms with Crippen LogP contribution < -0.4 is 5.56 Å². The summed E-state index contributed by atoms with van der Waals surface area (Å²) in [4.78, 5) is 38.4.